The van der Waals surface area contributed by atoms with Crippen molar-refractivity contribution in [3.8, 4) is 17.2 Å². The topological polar surface area (TPSA) is 93.3 Å². The van der Waals surface area contributed by atoms with Crippen LogP contribution in [0.25, 0.3) is 0 Å². The van der Waals surface area contributed by atoms with Crippen molar-refractivity contribution in [2.75, 3.05) is 72.0 Å². The molecular weight excluding hydrogens is 436 g/mol. The van der Waals surface area contributed by atoms with Gasteiger partial charge in [0.25, 0.3) is 0 Å². The van der Waals surface area contributed by atoms with Crippen molar-refractivity contribution in [2.24, 2.45) is 5.92 Å². The van der Waals surface area contributed by atoms with Crippen LogP contribution in [0.1, 0.15) is 40.0 Å². The van der Waals surface area contributed by atoms with Crippen molar-refractivity contribution in [1.29, 1.82) is 0 Å². The third kappa shape index (κ3) is 9.46. The molecule has 9 heteroatoms. The van der Waals surface area contributed by atoms with Gasteiger partial charge in [0.15, 0.2) is 11.5 Å². The number of amides is 1. The molecule has 3 rings (SSSR count). The quantitative estimate of drug-likeness (QED) is 0.548. The number of hydrogen-bond acceptors (Lipinski definition) is 8. The second-order valence-corrected chi connectivity index (χ2v) is 9.55. The van der Waals surface area contributed by atoms with Crippen molar-refractivity contribution < 1.29 is 23.7 Å². The molecule has 2 fully saturated rings. The first kappa shape index (κ1) is 27.9. The fourth-order valence-electron chi connectivity index (χ4n) is 4.04. The smallest absolute Gasteiger partial charge is 0.407 e. The Balaban J connectivity index is 0.000000242. The summed E-state index contributed by atoms with van der Waals surface area (Å²) in [6.45, 7) is 12.5. The van der Waals surface area contributed by atoms with Gasteiger partial charge in [0.05, 0.1) is 21.3 Å². The highest BCUT2D eigenvalue weighted by atomic mass is 16.6. The average Bonchev–Trinajstić information content (AvgIpc) is 2.83. The number of methoxy groups -OCH3 is 3. The monoisotopic (exact) mass is 480 g/mol. The Morgan fingerprint density at radius 2 is 1.68 bits per heavy atom. The van der Waals surface area contributed by atoms with Crippen LogP contribution in [0.5, 0.6) is 17.2 Å². The summed E-state index contributed by atoms with van der Waals surface area (Å²) in [6.07, 6.45) is 3.24. The number of benzene rings is 1. The van der Waals surface area contributed by atoms with E-state index < -0.39 is 5.60 Å². The Morgan fingerprint density at radius 1 is 1.03 bits per heavy atom. The zero-order valence-electron chi connectivity index (χ0n) is 21.8. The minimum atomic E-state index is -0.406. The van der Waals surface area contributed by atoms with Crippen LogP contribution in [-0.2, 0) is 4.74 Å². The van der Waals surface area contributed by atoms with Gasteiger partial charge in [0.2, 0.25) is 5.75 Å². The Bertz CT molecular complexity index is 716. The number of nitrogens with one attached hydrogen (secondary N) is 3. The number of anilines is 1. The first-order valence-corrected chi connectivity index (χ1v) is 12.2. The van der Waals surface area contributed by atoms with Gasteiger partial charge < -0.3 is 39.8 Å². The fraction of sp³-hybridized carbons (Fsp3) is 0.720. The number of rotatable bonds is 7. The minimum Gasteiger partial charge on any atom is -0.493 e. The molecule has 0 bridgehead atoms. The molecule has 1 atom stereocenters. The Hall–Kier alpha value is -2.39. The molecule has 1 unspecified atom stereocenters. The second-order valence-electron chi connectivity index (χ2n) is 9.55. The molecule has 3 N–H and O–H groups in total. The maximum atomic E-state index is 11.4. The summed E-state index contributed by atoms with van der Waals surface area (Å²) in [6, 6.07) is 3.99. The molecule has 1 amide bonds. The first-order valence-electron chi connectivity index (χ1n) is 12.2. The number of piperazine rings is 1. The third-order valence-electron chi connectivity index (χ3n) is 5.75. The van der Waals surface area contributed by atoms with Crippen molar-refractivity contribution in [1.82, 2.24) is 16.0 Å². The number of hydrogen-bond donors (Lipinski definition) is 3. The van der Waals surface area contributed by atoms with Gasteiger partial charge in [-0.1, -0.05) is 0 Å². The van der Waals surface area contributed by atoms with Gasteiger partial charge in [-0.15, -0.1) is 0 Å². The predicted molar refractivity (Wildman–Crippen MR) is 136 cm³/mol. The van der Waals surface area contributed by atoms with E-state index in [0.29, 0.717) is 29.7 Å². The van der Waals surface area contributed by atoms with Crippen LogP contribution < -0.4 is 35.1 Å². The lowest BCUT2D eigenvalue weighted by Gasteiger charge is -2.30. The van der Waals surface area contributed by atoms with Gasteiger partial charge >= 0.3 is 6.09 Å². The van der Waals surface area contributed by atoms with Gasteiger partial charge in [0.1, 0.15) is 5.60 Å². The van der Waals surface area contributed by atoms with Gasteiger partial charge in [-0.2, -0.15) is 0 Å². The normalized spacial score (nSPS) is 18.3. The summed E-state index contributed by atoms with van der Waals surface area (Å²) in [5.41, 5.74) is 0.697. The lowest BCUT2D eigenvalue weighted by Crippen LogP contribution is -2.43. The highest BCUT2D eigenvalue weighted by molar-refractivity contribution is 5.67. The maximum absolute atomic E-state index is 11.4. The van der Waals surface area contributed by atoms with Gasteiger partial charge in [-0.3, -0.25) is 0 Å². The number of nitrogens with zero attached hydrogens (tertiary/aromatic N) is 1. The largest absolute Gasteiger partial charge is 0.493 e. The molecule has 0 radical (unpaired) electrons. The zero-order valence-corrected chi connectivity index (χ0v) is 21.8. The summed E-state index contributed by atoms with van der Waals surface area (Å²) in [5.74, 6) is 2.73. The summed E-state index contributed by atoms with van der Waals surface area (Å²) in [7, 11) is 4.89. The molecule has 34 heavy (non-hydrogen) atoms. The van der Waals surface area contributed by atoms with Crippen LogP contribution in [-0.4, -0.2) is 78.8 Å². The molecule has 1 aromatic rings. The average molecular weight is 481 g/mol. The second kappa shape index (κ2) is 14.1. The summed E-state index contributed by atoms with van der Waals surface area (Å²) < 4.78 is 21.2. The van der Waals surface area contributed by atoms with Crippen molar-refractivity contribution in [3.05, 3.63) is 12.1 Å². The molecule has 9 nitrogen and oxygen atoms in total. The molecule has 2 aliphatic heterocycles. The molecule has 2 aliphatic rings. The Kier molecular flexibility index (Phi) is 11.6. The fourth-order valence-corrected chi connectivity index (χ4v) is 4.04. The predicted octanol–water partition coefficient (Wildman–Crippen LogP) is 3.02. The lowest BCUT2D eigenvalue weighted by atomic mass is 9.96. The molecule has 0 spiro atoms. The zero-order chi connectivity index (χ0) is 25.0. The SMILES string of the molecule is CC(C)(C)OC(=O)NCCC1CCCNC1.COc1cc(N2CCNCC2)cc(OC)c1OC. The van der Waals surface area contributed by atoms with E-state index in [1.165, 1.54) is 12.8 Å². The van der Waals surface area contributed by atoms with Crippen LogP contribution in [0.3, 0.4) is 0 Å². The Labute approximate surface area is 204 Å². The van der Waals surface area contributed by atoms with Crippen LogP contribution in [0.4, 0.5) is 10.5 Å². The standard InChI is InChI=1S/C13H20N2O3.C12H24N2O2/c1-16-11-8-10(15-6-4-14-5-7-15)9-12(17-2)13(11)18-3;1-12(2,3)16-11(15)14-8-6-10-5-4-7-13-9-10/h8-9,14H,4-7H2,1-3H3;10,13H,4-9H2,1-3H3,(H,14,15). The summed E-state index contributed by atoms with van der Waals surface area (Å²) >= 11 is 0. The van der Waals surface area contributed by atoms with Gasteiger partial charge in [-0.25, -0.2) is 4.79 Å². The summed E-state index contributed by atoms with van der Waals surface area (Å²) in [5, 5.41) is 9.50. The van der Waals surface area contributed by atoms with E-state index >= 15 is 0 Å². The maximum Gasteiger partial charge on any atom is 0.407 e. The third-order valence-corrected chi connectivity index (χ3v) is 5.75. The van der Waals surface area contributed by atoms with Crippen molar-refractivity contribution in [3.63, 3.8) is 0 Å². The number of piperidine rings is 1. The van der Waals surface area contributed by atoms with Crippen LogP contribution in [0.2, 0.25) is 0 Å². The number of alkyl carbamates (subject to hydrolysis) is 1. The molecule has 0 saturated carbocycles. The van der Waals surface area contributed by atoms with Crippen molar-refractivity contribution in [2.45, 2.75) is 45.6 Å². The van der Waals surface area contributed by atoms with E-state index in [2.05, 4.69) is 20.9 Å². The number of carbonyl (C=O) groups is 1. The molecule has 194 valence electrons. The first-order chi connectivity index (χ1) is 16.3. The van der Waals surface area contributed by atoms with Crippen LogP contribution in [0.15, 0.2) is 12.1 Å². The molecule has 1 aromatic carbocycles. The van der Waals surface area contributed by atoms with E-state index in [-0.39, 0.29) is 6.09 Å². The Morgan fingerprint density at radius 3 is 2.18 bits per heavy atom. The number of carbonyl (C=O) groups excluding carboxylic acids is 1. The van der Waals surface area contributed by atoms with Crippen LogP contribution in [0, 0.1) is 5.92 Å². The number of ether oxygens (including phenoxy) is 4. The van der Waals surface area contributed by atoms with E-state index in [9.17, 15) is 4.79 Å². The highest BCUT2D eigenvalue weighted by Gasteiger charge is 2.18. The van der Waals surface area contributed by atoms with E-state index in [1.54, 1.807) is 21.3 Å². The lowest BCUT2D eigenvalue weighted by molar-refractivity contribution is 0.0524. The van der Waals surface area contributed by atoms with Crippen LogP contribution >= 0.6 is 0 Å². The minimum absolute atomic E-state index is 0.309. The van der Waals surface area contributed by atoms with E-state index in [0.717, 1.165) is 51.4 Å². The summed E-state index contributed by atoms with van der Waals surface area (Å²) in [4.78, 5) is 13.7. The van der Waals surface area contributed by atoms with E-state index in [1.807, 2.05) is 32.9 Å². The van der Waals surface area contributed by atoms with E-state index in [4.69, 9.17) is 18.9 Å². The molecule has 0 aliphatic carbocycles. The molecule has 0 aromatic heterocycles. The highest BCUT2D eigenvalue weighted by Crippen LogP contribution is 2.41. The van der Waals surface area contributed by atoms with Gasteiger partial charge in [0, 0.05) is 50.5 Å². The molecule has 2 saturated heterocycles. The molecule has 2 heterocycles. The van der Waals surface area contributed by atoms with Crippen molar-refractivity contribution >= 4 is 11.8 Å². The van der Waals surface area contributed by atoms with Gasteiger partial charge in [-0.05, 0) is 59.0 Å². The molecular formula is C25H44N4O5.